The van der Waals surface area contributed by atoms with Crippen LogP contribution in [0, 0.1) is 12.3 Å². The van der Waals surface area contributed by atoms with Gasteiger partial charge in [0.1, 0.15) is 0 Å². The highest BCUT2D eigenvalue weighted by atomic mass is 32.1. The molecule has 1 aliphatic rings. The third-order valence-corrected chi connectivity index (χ3v) is 5.88. The molecule has 0 spiro atoms. The normalized spacial score (nSPS) is 17.6. The van der Waals surface area contributed by atoms with Crippen molar-refractivity contribution in [3.05, 3.63) is 41.0 Å². The van der Waals surface area contributed by atoms with E-state index in [2.05, 4.69) is 43.2 Å². The van der Waals surface area contributed by atoms with E-state index in [1.807, 2.05) is 45.3 Å². The Morgan fingerprint density at radius 2 is 1.91 bits per heavy atom. The van der Waals surface area contributed by atoms with Gasteiger partial charge in [-0.15, -0.1) is 11.3 Å². The zero-order valence-corrected chi connectivity index (χ0v) is 21.3. The Morgan fingerprint density at radius 3 is 2.34 bits per heavy atom. The Hall–Kier alpha value is -2.25. The Labute approximate surface area is 197 Å². The van der Waals surface area contributed by atoms with Crippen LogP contribution < -0.4 is 5.32 Å². The fourth-order valence-electron chi connectivity index (χ4n) is 3.42. The highest BCUT2D eigenvalue weighted by molar-refractivity contribution is 7.13. The molecule has 1 aromatic carbocycles. The minimum Gasteiger partial charge on any atom is -0.391 e. The molecule has 32 heavy (non-hydrogen) atoms. The molecule has 0 saturated carbocycles. The molecule has 2 amide bonds. The van der Waals surface area contributed by atoms with Crippen LogP contribution in [0.3, 0.4) is 0 Å². The van der Waals surface area contributed by atoms with Crippen molar-refractivity contribution in [1.29, 1.82) is 0 Å². The number of amides is 2. The number of carbonyl (C=O) groups is 2. The summed E-state index contributed by atoms with van der Waals surface area (Å²) >= 11 is 1.64. The summed E-state index contributed by atoms with van der Waals surface area (Å²) < 4.78 is 0. The first kappa shape index (κ1) is 27.8. The maximum Gasteiger partial charge on any atom is 0.223 e. The number of aryl methyl sites for hydroxylation is 1. The van der Waals surface area contributed by atoms with E-state index in [1.165, 1.54) is 10.4 Å². The number of thiazole rings is 1. The highest BCUT2D eigenvalue weighted by Crippen LogP contribution is 2.27. The van der Waals surface area contributed by atoms with Crippen molar-refractivity contribution in [3.63, 3.8) is 0 Å². The summed E-state index contributed by atoms with van der Waals surface area (Å²) in [6.07, 6.45) is 1.66. The summed E-state index contributed by atoms with van der Waals surface area (Å²) in [6, 6.07) is 8.35. The topological polar surface area (TPSA) is 82.5 Å². The van der Waals surface area contributed by atoms with Crippen molar-refractivity contribution in [2.24, 2.45) is 5.41 Å². The third kappa shape index (κ3) is 9.09. The first-order valence-corrected chi connectivity index (χ1v) is 12.1. The van der Waals surface area contributed by atoms with E-state index in [0.29, 0.717) is 25.9 Å². The van der Waals surface area contributed by atoms with Gasteiger partial charge >= 0.3 is 0 Å². The number of rotatable bonds is 5. The van der Waals surface area contributed by atoms with Gasteiger partial charge in [-0.3, -0.25) is 9.59 Å². The Morgan fingerprint density at radius 1 is 1.28 bits per heavy atom. The van der Waals surface area contributed by atoms with E-state index in [-0.39, 0.29) is 23.5 Å². The van der Waals surface area contributed by atoms with E-state index in [1.54, 1.807) is 16.2 Å². The number of carbonyl (C=O) groups excluding carboxylic acids is 2. The van der Waals surface area contributed by atoms with Crippen LogP contribution >= 0.6 is 11.3 Å². The zero-order chi connectivity index (χ0) is 24.3. The lowest BCUT2D eigenvalue weighted by atomic mass is 9.91. The molecule has 178 valence electrons. The number of β-amino-alcohol motifs (C(OH)–C–C–N with tert-alkyl or cyclic N) is 1. The Balaban J connectivity index is 0.000000300. The number of hydrogen-bond donors (Lipinski definition) is 2. The number of aliphatic hydroxyl groups excluding tert-OH is 1. The molecule has 1 fully saturated rings. The molecule has 2 aromatic rings. The fraction of sp³-hybridized carbons (Fsp3) is 0.560. The second-order valence-electron chi connectivity index (χ2n) is 8.98. The number of hydrogen-bond acceptors (Lipinski definition) is 5. The molecule has 2 atom stereocenters. The van der Waals surface area contributed by atoms with Crippen molar-refractivity contribution < 1.29 is 14.7 Å². The van der Waals surface area contributed by atoms with Gasteiger partial charge < -0.3 is 15.3 Å². The molecule has 0 radical (unpaired) electrons. The van der Waals surface area contributed by atoms with Crippen LogP contribution in [-0.2, 0) is 16.1 Å². The van der Waals surface area contributed by atoms with Crippen molar-refractivity contribution in [2.75, 3.05) is 6.54 Å². The van der Waals surface area contributed by atoms with Crippen molar-refractivity contribution in [1.82, 2.24) is 15.2 Å². The summed E-state index contributed by atoms with van der Waals surface area (Å²) in [5.74, 6) is 0.168. The summed E-state index contributed by atoms with van der Waals surface area (Å²) in [6.45, 7) is 15.3. The van der Waals surface area contributed by atoms with Crippen LogP contribution in [0.25, 0.3) is 10.4 Å². The number of benzene rings is 1. The second-order valence-corrected chi connectivity index (χ2v) is 9.84. The highest BCUT2D eigenvalue weighted by Gasteiger charge is 2.32. The lowest BCUT2D eigenvalue weighted by Crippen LogP contribution is -2.36. The van der Waals surface area contributed by atoms with Crippen molar-refractivity contribution in [2.45, 2.75) is 80.0 Å². The predicted octanol–water partition coefficient (Wildman–Crippen LogP) is 4.80. The average Bonchev–Trinajstić information content (AvgIpc) is 3.32. The van der Waals surface area contributed by atoms with Gasteiger partial charge in [0.2, 0.25) is 12.3 Å². The van der Waals surface area contributed by atoms with Gasteiger partial charge in [-0.05, 0) is 36.8 Å². The van der Waals surface area contributed by atoms with Crippen molar-refractivity contribution >= 4 is 23.7 Å². The maximum atomic E-state index is 11.8. The van der Waals surface area contributed by atoms with E-state index in [4.69, 9.17) is 0 Å². The van der Waals surface area contributed by atoms with Crippen molar-refractivity contribution in [3.8, 4) is 10.4 Å². The molecule has 0 unspecified atom stereocenters. The minimum atomic E-state index is -0.325. The summed E-state index contributed by atoms with van der Waals surface area (Å²) in [4.78, 5) is 29.2. The standard InChI is InChI=1S/C12H12N2OS.C11H21NO2.C2H6/c1-9-12(16-8-14-9)11-4-2-10(3-5-11)6-13-7-15;1-8-5-9(13)7-12(8)10(14)6-11(2,3)4;1-2/h2-5,7-8H,6H2,1H3,(H,13,15);8-9,13H,5-7H2,1-4H3;1-2H3/t;8-,9-;/m.1./s1. The van der Waals surface area contributed by atoms with Gasteiger partial charge in [-0.1, -0.05) is 58.9 Å². The van der Waals surface area contributed by atoms with E-state index < -0.39 is 0 Å². The monoisotopic (exact) mass is 461 g/mol. The quantitative estimate of drug-likeness (QED) is 0.627. The lowest BCUT2D eigenvalue weighted by Gasteiger charge is -2.25. The Bertz CT molecular complexity index is 828. The van der Waals surface area contributed by atoms with Gasteiger partial charge in [-0.25, -0.2) is 4.98 Å². The molecule has 0 bridgehead atoms. The predicted molar refractivity (Wildman–Crippen MR) is 132 cm³/mol. The SMILES string of the molecule is CC.C[C@@H]1C[C@@H](O)CN1C(=O)CC(C)(C)C.Cc1ncsc1-c1ccc(CNC=O)cc1. The first-order chi connectivity index (χ1) is 15.1. The molecule has 6 nitrogen and oxygen atoms in total. The maximum absolute atomic E-state index is 11.8. The van der Waals surface area contributed by atoms with Crippen LogP contribution in [0.1, 0.15) is 65.6 Å². The van der Waals surface area contributed by atoms with Crippen LogP contribution in [0.4, 0.5) is 0 Å². The lowest BCUT2D eigenvalue weighted by molar-refractivity contribution is -0.133. The number of likely N-dealkylation sites (tertiary alicyclic amines) is 1. The summed E-state index contributed by atoms with van der Waals surface area (Å²) in [5.41, 5.74) is 5.22. The van der Waals surface area contributed by atoms with Gasteiger partial charge in [0.15, 0.2) is 0 Å². The summed E-state index contributed by atoms with van der Waals surface area (Å²) in [7, 11) is 0. The van der Waals surface area contributed by atoms with Crippen LogP contribution in [0.5, 0.6) is 0 Å². The van der Waals surface area contributed by atoms with Gasteiger partial charge in [-0.2, -0.15) is 0 Å². The van der Waals surface area contributed by atoms with Gasteiger partial charge in [0.05, 0.1) is 22.2 Å². The molecule has 1 aliphatic heterocycles. The zero-order valence-electron chi connectivity index (χ0n) is 20.5. The Kier molecular flexibility index (Phi) is 11.6. The van der Waals surface area contributed by atoms with Gasteiger partial charge in [0.25, 0.3) is 0 Å². The minimum absolute atomic E-state index is 0.0321. The molecule has 2 heterocycles. The second kappa shape index (κ2) is 13.3. The first-order valence-electron chi connectivity index (χ1n) is 11.2. The number of nitrogens with zero attached hydrogens (tertiary/aromatic N) is 2. The molecule has 0 aliphatic carbocycles. The molecule has 1 aromatic heterocycles. The van der Waals surface area contributed by atoms with E-state index in [9.17, 15) is 14.7 Å². The van der Waals surface area contributed by atoms with E-state index in [0.717, 1.165) is 17.7 Å². The number of aromatic nitrogens is 1. The van der Waals surface area contributed by atoms with Gasteiger partial charge in [0, 0.05) is 25.6 Å². The number of aliphatic hydroxyl groups is 1. The molecule has 1 saturated heterocycles. The molecular weight excluding hydrogens is 422 g/mol. The van der Waals surface area contributed by atoms with Crippen LogP contribution in [0.2, 0.25) is 0 Å². The molecule has 3 rings (SSSR count). The van der Waals surface area contributed by atoms with Crippen LogP contribution in [-0.4, -0.2) is 46.0 Å². The van der Waals surface area contributed by atoms with Crippen LogP contribution in [0.15, 0.2) is 29.8 Å². The number of nitrogens with one attached hydrogen (secondary N) is 1. The third-order valence-electron chi connectivity index (χ3n) is 4.91. The average molecular weight is 462 g/mol. The molecule has 2 N–H and O–H groups in total. The van der Waals surface area contributed by atoms with E-state index >= 15 is 0 Å². The fourth-order valence-corrected chi connectivity index (χ4v) is 4.23. The largest absolute Gasteiger partial charge is 0.391 e. The molecular formula is C25H39N3O3S. The molecule has 7 heteroatoms. The smallest absolute Gasteiger partial charge is 0.223 e. The summed E-state index contributed by atoms with van der Waals surface area (Å²) in [5, 5.41) is 12.1.